The van der Waals surface area contributed by atoms with E-state index in [0.717, 1.165) is 24.5 Å². The van der Waals surface area contributed by atoms with Gasteiger partial charge in [0.1, 0.15) is 5.82 Å². The van der Waals surface area contributed by atoms with Crippen molar-refractivity contribution >= 4 is 11.7 Å². The number of aryl methyl sites for hydroxylation is 1. The lowest BCUT2D eigenvalue weighted by atomic mass is 10.2. The van der Waals surface area contributed by atoms with E-state index in [1.807, 2.05) is 13.1 Å². The maximum atomic E-state index is 12.1. The highest BCUT2D eigenvalue weighted by atomic mass is 16.1. The molecule has 0 unspecified atom stereocenters. The van der Waals surface area contributed by atoms with E-state index in [-0.39, 0.29) is 5.91 Å². The Hall–Kier alpha value is -2.37. The quantitative estimate of drug-likeness (QED) is 0.838. The van der Waals surface area contributed by atoms with Gasteiger partial charge in [0.15, 0.2) is 0 Å². The summed E-state index contributed by atoms with van der Waals surface area (Å²) in [6.45, 7) is 3.37. The number of nitrogens with zero attached hydrogens (tertiary/aromatic N) is 3. The summed E-state index contributed by atoms with van der Waals surface area (Å²) in [5.74, 6) is 0.605. The van der Waals surface area contributed by atoms with Crippen LogP contribution in [0.15, 0.2) is 30.6 Å². The third-order valence-electron chi connectivity index (χ3n) is 2.93. The number of carbonyl (C=O) groups is 1. The molecule has 2 heterocycles. The van der Waals surface area contributed by atoms with Crippen LogP contribution in [-0.4, -0.2) is 27.2 Å². The maximum Gasteiger partial charge on any atom is 0.251 e. The molecule has 0 spiro atoms. The van der Waals surface area contributed by atoms with E-state index in [0.29, 0.717) is 12.1 Å². The molecule has 0 aromatic carbocycles. The van der Waals surface area contributed by atoms with Crippen molar-refractivity contribution in [2.75, 3.05) is 11.9 Å². The van der Waals surface area contributed by atoms with Crippen LogP contribution < -0.4 is 10.6 Å². The number of amides is 1. The lowest BCUT2D eigenvalue weighted by molar-refractivity contribution is 0.0950. The van der Waals surface area contributed by atoms with Gasteiger partial charge in [0, 0.05) is 31.5 Å². The standard InChI is InChI=1S/C14H19N5O/c1-3-6-15-13-9-11(4-7-16-13)14(20)17-10-12-5-8-18-19(12)2/h4-5,7-9H,3,6,10H2,1-2H3,(H,15,16)(H,17,20). The zero-order chi connectivity index (χ0) is 14.4. The van der Waals surface area contributed by atoms with Crippen LogP contribution >= 0.6 is 0 Å². The molecule has 2 N–H and O–H groups in total. The summed E-state index contributed by atoms with van der Waals surface area (Å²) < 4.78 is 1.74. The summed E-state index contributed by atoms with van der Waals surface area (Å²) in [7, 11) is 1.85. The molecule has 0 radical (unpaired) electrons. The monoisotopic (exact) mass is 273 g/mol. The van der Waals surface area contributed by atoms with Crippen molar-refractivity contribution in [1.29, 1.82) is 0 Å². The molecule has 20 heavy (non-hydrogen) atoms. The van der Waals surface area contributed by atoms with E-state index < -0.39 is 0 Å². The fourth-order valence-electron chi connectivity index (χ4n) is 1.77. The molecule has 0 aliphatic rings. The van der Waals surface area contributed by atoms with Crippen molar-refractivity contribution < 1.29 is 4.79 Å². The molecular formula is C14H19N5O. The molecule has 2 aromatic heterocycles. The molecule has 2 rings (SSSR count). The molecule has 0 bridgehead atoms. The maximum absolute atomic E-state index is 12.1. The van der Waals surface area contributed by atoms with Crippen LogP contribution in [0.3, 0.4) is 0 Å². The van der Waals surface area contributed by atoms with E-state index in [9.17, 15) is 4.79 Å². The van der Waals surface area contributed by atoms with Crippen molar-refractivity contribution in [3.8, 4) is 0 Å². The second-order valence-corrected chi connectivity index (χ2v) is 4.49. The predicted octanol–water partition coefficient (Wildman–Crippen LogP) is 1.57. The van der Waals surface area contributed by atoms with Crippen molar-refractivity contribution in [2.45, 2.75) is 19.9 Å². The summed E-state index contributed by atoms with van der Waals surface area (Å²) >= 11 is 0. The normalized spacial score (nSPS) is 10.3. The molecule has 0 aliphatic carbocycles. The number of nitrogens with one attached hydrogen (secondary N) is 2. The van der Waals surface area contributed by atoms with Crippen LogP contribution in [0.5, 0.6) is 0 Å². The summed E-state index contributed by atoms with van der Waals surface area (Å²) in [5, 5.41) is 10.1. The van der Waals surface area contributed by atoms with Crippen molar-refractivity contribution in [3.05, 3.63) is 41.9 Å². The number of anilines is 1. The topological polar surface area (TPSA) is 71.8 Å². The number of aromatic nitrogens is 3. The predicted molar refractivity (Wildman–Crippen MR) is 77.4 cm³/mol. The van der Waals surface area contributed by atoms with Gasteiger partial charge in [-0.15, -0.1) is 0 Å². The highest BCUT2D eigenvalue weighted by Gasteiger charge is 2.07. The largest absolute Gasteiger partial charge is 0.370 e. The molecular weight excluding hydrogens is 254 g/mol. The van der Waals surface area contributed by atoms with Crippen LogP contribution in [0, 0.1) is 0 Å². The van der Waals surface area contributed by atoms with Crippen molar-refractivity contribution in [2.24, 2.45) is 7.05 Å². The first-order valence-electron chi connectivity index (χ1n) is 6.65. The van der Waals surface area contributed by atoms with E-state index in [1.54, 1.807) is 29.2 Å². The minimum atomic E-state index is -0.117. The van der Waals surface area contributed by atoms with Gasteiger partial charge in [0.25, 0.3) is 5.91 Å². The van der Waals surface area contributed by atoms with Crippen molar-refractivity contribution in [1.82, 2.24) is 20.1 Å². The van der Waals surface area contributed by atoms with Gasteiger partial charge in [-0.25, -0.2) is 4.98 Å². The average molecular weight is 273 g/mol. The molecule has 0 saturated heterocycles. The van der Waals surface area contributed by atoms with Gasteiger partial charge in [0.2, 0.25) is 0 Å². The summed E-state index contributed by atoms with van der Waals surface area (Å²) in [5.41, 5.74) is 1.55. The third-order valence-corrected chi connectivity index (χ3v) is 2.93. The molecule has 2 aromatic rings. The van der Waals surface area contributed by atoms with E-state index >= 15 is 0 Å². The van der Waals surface area contributed by atoms with E-state index in [1.165, 1.54) is 0 Å². The number of pyridine rings is 1. The van der Waals surface area contributed by atoms with Crippen molar-refractivity contribution in [3.63, 3.8) is 0 Å². The molecule has 0 fully saturated rings. The SMILES string of the molecule is CCCNc1cc(C(=O)NCc2ccnn2C)ccn1. The fourth-order valence-corrected chi connectivity index (χ4v) is 1.77. The Morgan fingerprint density at radius 3 is 2.90 bits per heavy atom. The Kier molecular flexibility index (Phi) is 4.70. The first kappa shape index (κ1) is 14.0. The van der Waals surface area contributed by atoms with Crippen LogP contribution in [0.4, 0.5) is 5.82 Å². The number of carbonyl (C=O) groups excluding carboxylic acids is 1. The molecule has 6 heteroatoms. The highest BCUT2D eigenvalue weighted by Crippen LogP contribution is 2.07. The minimum absolute atomic E-state index is 0.117. The Morgan fingerprint density at radius 2 is 2.20 bits per heavy atom. The Bertz CT molecular complexity index is 578. The van der Waals surface area contributed by atoms with E-state index in [4.69, 9.17) is 0 Å². The van der Waals surface area contributed by atoms with Gasteiger partial charge in [-0.05, 0) is 24.6 Å². The van der Waals surface area contributed by atoms with Crippen LogP contribution in [0.25, 0.3) is 0 Å². The molecule has 0 atom stereocenters. The Morgan fingerprint density at radius 1 is 1.35 bits per heavy atom. The third kappa shape index (κ3) is 3.57. The van der Waals surface area contributed by atoms with E-state index in [2.05, 4.69) is 27.6 Å². The smallest absolute Gasteiger partial charge is 0.251 e. The second kappa shape index (κ2) is 6.70. The van der Waals surface area contributed by atoms with Gasteiger partial charge < -0.3 is 10.6 Å². The summed E-state index contributed by atoms with van der Waals surface area (Å²) in [6.07, 6.45) is 4.36. The molecule has 106 valence electrons. The van der Waals surface area contributed by atoms with Gasteiger partial charge >= 0.3 is 0 Å². The Balaban J connectivity index is 1.96. The second-order valence-electron chi connectivity index (χ2n) is 4.49. The molecule has 0 aliphatic heterocycles. The zero-order valence-corrected chi connectivity index (χ0v) is 11.8. The Labute approximate surface area is 118 Å². The van der Waals surface area contributed by atoms with Crippen LogP contribution in [0.1, 0.15) is 29.4 Å². The van der Waals surface area contributed by atoms with Crippen LogP contribution in [0.2, 0.25) is 0 Å². The number of hydrogen-bond donors (Lipinski definition) is 2. The number of hydrogen-bond acceptors (Lipinski definition) is 4. The lowest BCUT2D eigenvalue weighted by Gasteiger charge is -2.08. The highest BCUT2D eigenvalue weighted by molar-refractivity contribution is 5.94. The van der Waals surface area contributed by atoms with Gasteiger partial charge in [0.05, 0.1) is 12.2 Å². The van der Waals surface area contributed by atoms with Gasteiger partial charge in [-0.2, -0.15) is 5.10 Å². The first-order valence-corrected chi connectivity index (χ1v) is 6.65. The minimum Gasteiger partial charge on any atom is -0.370 e. The molecule has 1 amide bonds. The zero-order valence-electron chi connectivity index (χ0n) is 11.8. The lowest BCUT2D eigenvalue weighted by Crippen LogP contribution is -2.24. The molecule has 0 saturated carbocycles. The summed E-state index contributed by atoms with van der Waals surface area (Å²) in [4.78, 5) is 16.3. The first-order chi connectivity index (χ1) is 9.70. The van der Waals surface area contributed by atoms with Crippen LogP contribution in [-0.2, 0) is 13.6 Å². The van der Waals surface area contributed by atoms with Gasteiger partial charge in [-0.1, -0.05) is 6.92 Å². The fraction of sp³-hybridized carbons (Fsp3) is 0.357. The number of rotatable bonds is 6. The van der Waals surface area contributed by atoms with Gasteiger partial charge in [-0.3, -0.25) is 9.48 Å². The average Bonchev–Trinajstić information content (AvgIpc) is 2.88. The summed E-state index contributed by atoms with van der Waals surface area (Å²) in [6, 6.07) is 5.34. The molecule has 6 nitrogen and oxygen atoms in total.